The van der Waals surface area contributed by atoms with Gasteiger partial charge in [-0.05, 0) is 50.3 Å². The van der Waals surface area contributed by atoms with Crippen LogP contribution in [-0.4, -0.2) is 10.9 Å². The number of benzene rings is 1. The zero-order valence-electron chi connectivity index (χ0n) is 10.2. The molecule has 2 unspecified atom stereocenters. The number of nitrogens with zero attached hydrogens (tertiary/aromatic N) is 1. The van der Waals surface area contributed by atoms with Gasteiger partial charge in [0.2, 0.25) is 0 Å². The van der Waals surface area contributed by atoms with Crippen LogP contribution >= 0.6 is 12.4 Å². The van der Waals surface area contributed by atoms with Crippen molar-refractivity contribution in [3.05, 3.63) is 34.9 Å². The van der Waals surface area contributed by atoms with Crippen LogP contribution in [0, 0.1) is 6.92 Å². The van der Waals surface area contributed by atoms with Crippen molar-refractivity contribution >= 4 is 12.4 Å². The fraction of sp³-hybridized carbons (Fsp3) is 0.571. The lowest BCUT2D eigenvalue weighted by Gasteiger charge is -2.26. The van der Waals surface area contributed by atoms with Crippen LogP contribution in [0.2, 0.25) is 0 Å². The van der Waals surface area contributed by atoms with Crippen molar-refractivity contribution in [1.82, 2.24) is 4.90 Å². The molecule has 0 aromatic heterocycles. The number of halogens is 1. The molecule has 2 aliphatic rings. The van der Waals surface area contributed by atoms with Gasteiger partial charge in [-0.3, -0.25) is 4.90 Å². The fourth-order valence-electron chi connectivity index (χ4n) is 3.61. The molecule has 16 heavy (non-hydrogen) atoms. The second-order valence-electron chi connectivity index (χ2n) is 5.23. The molecule has 1 aromatic carbocycles. The summed E-state index contributed by atoms with van der Waals surface area (Å²) in [5, 5.41) is 0. The molecule has 2 bridgehead atoms. The number of hydrogen-bond donors (Lipinski definition) is 0. The fourth-order valence-corrected chi connectivity index (χ4v) is 3.61. The van der Waals surface area contributed by atoms with Crippen molar-refractivity contribution < 1.29 is 0 Å². The highest BCUT2D eigenvalue weighted by Crippen LogP contribution is 2.54. The molecule has 1 saturated heterocycles. The van der Waals surface area contributed by atoms with E-state index in [1.165, 1.54) is 18.4 Å². The second kappa shape index (κ2) is 4.05. The molecule has 3 rings (SSSR count). The highest BCUT2D eigenvalue weighted by Gasteiger charge is 2.45. The van der Waals surface area contributed by atoms with E-state index in [0.29, 0.717) is 18.1 Å². The van der Waals surface area contributed by atoms with Crippen molar-refractivity contribution in [3.8, 4) is 0 Å². The van der Waals surface area contributed by atoms with Crippen molar-refractivity contribution in [2.45, 2.75) is 51.7 Å². The van der Waals surface area contributed by atoms with E-state index in [9.17, 15) is 0 Å². The maximum atomic E-state index is 2.71. The van der Waals surface area contributed by atoms with Gasteiger partial charge in [-0.15, -0.1) is 12.4 Å². The van der Waals surface area contributed by atoms with Gasteiger partial charge in [0.15, 0.2) is 0 Å². The number of rotatable bonds is 1. The van der Waals surface area contributed by atoms with E-state index >= 15 is 0 Å². The highest BCUT2D eigenvalue weighted by molar-refractivity contribution is 5.85. The molecule has 88 valence electrons. The average molecular weight is 238 g/mol. The summed E-state index contributed by atoms with van der Waals surface area (Å²) in [5.41, 5.74) is 4.74. The molecule has 2 aliphatic heterocycles. The molecule has 1 fully saturated rings. The van der Waals surface area contributed by atoms with Crippen LogP contribution in [0.1, 0.15) is 55.5 Å². The lowest BCUT2D eigenvalue weighted by Crippen LogP contribution is -2.27. The van der Waals surface area contributed by atoms with Gasteiger partial charge >= 0.3 is 0 Å². The van der Waals surface area contributed by atoms with E-state index in [0.717, 1.165) is 0 Å². The Morgan fingerprint density at radius 3 is 2.50 bits per heavy atom. The topological polar surface area (TPSA) is 3.24 Å². The maximum Gasteiger partial charge on any atom is 0.0363 e. The van der Waals surface area contributed by atoms with E-state index in [-0.39, 0.29) is 12.4 Å². The normalized spacial score (nSPS) is 27.0. The Hall–Kier alpha value is -0.530. The van der Waals surface area contributed by atoms with Crippen molar-refractivity contribution in [2.24, 2.45) is 0 Å². The molecule has 0 saturated carbocycles. The van der Waals surface area contributed by atoms with E-state index in [1.54, 1.807) is 11.1 Å². The monoisotopic (exact) mass is 237 g/mol. The Kier molecular flexibility index (Phi) is 3.02. The highest BCUT2D eigenvalue weighted by atomic mass is 35.5. The zero-order chi connectivity index (χ0) is 10.6. The van der Waals surface area contributed by atoms with E-state index in [4.69, 9.17) is 0 Å². The van der Waals surface area contributed by atoms with Gasteiger partial charge in [0.25, 0.3) is 0 Å². The Bertz CT molecular complexity index is 400. The minimum atomic E-state index is 0. The number of aryl methyl sites for hydroxylation is 1. The molecule has 2 heteroatoms. The van der Waals surface area contributed by atoms with E-state index in [2.05, 4.69) is 43.9 Å². The largest absolute Gasteiger partial charge is 0.287 e. The van der Waals surface area contributed by atoms with Crippen molar-refractivity contribution in [3.63, 3.8) is 0 Å². The molecule has 0 spiro atoms. The third kappa shape index (κ3) is 1.42. The smallest absolute Gasteiger partial charge is 0.0363 e. The summed E-state index contributed by atoms with van der Waals surface area (Å²) >= 11 is 0. The average Bonchev–Trinajstić information content (AvgIpc) is 2.73. The van der Waals surface area contributed by atoms with E-state index < -0.39 is 0 Å². The first-order valence-electron chi connectivity index (χ1n) is 6.07. The summed E-state index contributed by atoms with van der Waals surface area (Å²) in [6.07, 6.45) is 2.72. The van der Waals surface area contributed by atoms with Gasteiger partial charge in [0.05, 0.1) is 0 Å². The molecule has 0 N–H and O–H groups in total. The summed E-state index contributed by atoms with van der Waals surface area (Å²) in [7, 11) is 0. The molecule has 1 nitrogen and oxygen atoms in total. The molecule has 2 atom stereocenters. The summed E-state index contributed by atoms with van der Waals surface area (Å²) in [5.74, 6) is 0. The lowest BCUT2D eigenvalue weighted by molar-refractivity contribution is 0.174. The van der Waals surface area contributed by atoms with Crippen LogP contribution in [0.4, 0.5) is 0 Å². The summed E-state index contributed by atoms with van der Waals surface area (Å²) < 4.78 is 0. The first kappa shape index (κ1) is 11.9. The second-order valence-corrected chi connectivity index (χ2v) is 5.23. The first-order valence-corrected chi connectivity index (χ1v) is 6.07. The SMILES string of the molecule is Cc1cccc2c1C1CCC2N1C(C)C.Cl. The molecule has 0 radical (unpaired) electrons. The number of hydrogen-bond acceptors (Lipinski definition) is 1. The molecule has 2 heterocycles. The Balaban J connectivity index is 0.000000963. The summed E-state index contributed by atoms with van der Waals surface area (Å²) in [6, 6.07) is 8.91. The quantitative estimate of drug-likeness (QED) is 0.713. The summed E-state index contributed by atoms with van der Waals surface area (Å²) in [6.45, 7) is 6.91. The third-order valence-electron chi connectivity index (χ3n) is 4.08. The van der Waals surface area contributed by atoms with Crippen molar-refractivity contribution in [1.29, 1.82) is 0 Å². The van der Waals surface area contributed by atoms with Gasteiger partial charge in [-0.25, -0.2) is 0 Å². The van der Waals surface area contributed by atoms with Crippen LogP contribution in [0.5, 0.6) is 0 Å². The Morgan fingerprint density at radius 2 is 1.88 bits per heavy atom. The lowest BCUT2D eigenvalue weighted by atomic mass is 9.89. The van der Waals surface area contributed by atoms with Crippen LogP contribution in [0.3, 0.4) is 0 Å². The van der Waals surface area contributed by atoms with Gasteiger partial charge in [-0.2, -0.15) is 0 Å². The predicted octanol–water partition coefficient (Wildman–Crippen LogP) is 4.02. The molecule has 0 amide bonds. The van der Waals surface area contributed by atoms with Crippen LogP contribution in [0.15, 0.2) is 18.2 Å². The Labute approximate surface area is 104 Å². The van der Waals surface area contributed by atoms with Crippen LogP contribution < -0.4 is 0 Å². The first-order chi connectivity index (χ1) is 7.20. The number of fused-ring (bicyclic) bond motifs is 5. The van der Waals surface area contributed by atoms with Gasteiger partial charge in [0, 0.05) is 18.1 Å². The van der Waals surface area contributed by atoms with Crippen molar-refractivity contribution in [2.75, 3.05) is 0 Å². The third-order valence-corrected chi connectivity index (χ3v) is 4.08. The van der Waals surface area contributed by atoms with Crippen LogP contribution in [-0.2, 0) is 0 Å². The molecule has 1 aromatic rings. The van der Waals surface area contributed by atoms with Crippen LogP contribution in [0.25, 0.3) is 0 Å². The van der Waals surface area contributed by atoms with E-state index in [1.807, 2.05) is 0 Å². The molecular weight excluding hydrogens is 218 g/mol. The standard InChI is InChI=1S/C14H19N.ClH/c1-9(2)15-12-7-8-13(15)14-10(3)5-4-6-11(12)14;/h4-6,9,12-13H,7-8H2,1-3H3;1H. The summed E-state index contributed by atoms with van der Waals surface area (Å²) in [4.78, 5) is 2.71. The predicted molar refractivity (Wildman–Crippen MR) is 70.1 cm³/mol. The minimum Gasteiger partial charge on any atom is -0.287 e. The molecular formula is C14H20ClN. The zero-order valence-corrected chi connectivity index (χ0v) is 11.1. The maximum absolute atomic E-state index is 2.71. The van der Waals surface area contributed by atoms with Gasteiger partial charge < -0.3 is 0 Å². The van der Waals surface area contributed by atoms with Gasteiger partial charge in [-0.1, -0.05) is 18.2 Å². The molecule has 0 aliphatic carbocycles. The Morgan fingerprint density at radius 1 is 1.19 bits per heavy atom. The van der Waals surface area contributed by atoms with Gasteiger partial charge in [0.1, 0.15) is 0 Å². The minimum absolute atomic E-state index is 0.